The third kappa shape index (κ3) is 4.95. The number of aromatic nitrogens is 1. The number of benzene rings is 1. The molecule has 0 atom stereocenters. The maximum absolute atomic E-state index is 12.5. The summed E-state index contributed by atoms with van der Waals surface area (Å²) >= 11 is 0. The van der Waals surface area contributed by atoms with Crippen LogP contribution in [0.2, 0.25) is 0 Å². The number of alkyl halides is 3. The molecule has 26 heavy (non-hydrogen) atoms. The number of piperazine rings is 1. The summed E-state index contributed by atoms with van der Waals surface area (Å²) < 4.78 is 40.4. The number of amides is 1. The molecule has 2 heterocycles. The maximum atomic E-state index is 12.5. The number of carbonyl (C=O) groups is 1. The van der Waals surface area contributed by atoms with Gasteiger partial charge in [0.15, 0.2) is 0 Å². The summed E-state index contributed by atoms with van der Waals surface area (Å²) in [6.45, 7) is 3.38. The quantitative estimate of drug-likeness (QED) is 0.836. The lowest BCUT2D eigenvalue weighted by atomic mass is 10.1. The third-order valence-corrected chi connectivity index (χ3v) is 4.12. The van der Waals surface area contributed by atoms with Crippen LogP contribution in [0.5, 0.6) is 5.75 Å². The Hall–Kier alpha value is -2.61. The fourth-order valence-electron chi connectivity index (χ4n) is 2.84. The first-order chi connectivity index (χ1) is 12.4. The molecule has 0 bridgehead atoms. The van der Waals surface area contributed by atoms with Crippen LogP contribution in [0.3, 0.4) is 0 Å². The Labute approximate surface area is 149 Å². The highest BCUT2D eigenvalue weighted by molar-refractivity contribution is 5.94. The second-order valence-electron chi connectivity index (χ2n) is 6.00. The Morgan fingerprint density at radius 1 is 1.08 bits per heavy atom. The minimum absolute atomic E-state index is 0.190. The molecule has 0 N–H and O–H groups in total. The van der Waals surface area contributed by atoms with E-state index in [0.29, 0.717) is 18.7 Å². The van der Waals surface area contributed by atoms with E-state index in [4.69, 9.17) is 0 Å². The minimum atomic E-state index is -4.74. The van der Waals surface area contributed by atoms with Gasteiger partial charge in [0.2, 0.25) is 0 Å². The molecule has 8 heteroatoms. The zero-order chi connectivity index (χ0) is 18.6. The molecule has 2 aromatic rings. The largest absolute Gasteiger partial charge is 0.573 e. The van der Waals surface area contributed by atoms with Gasteiger partial charge < -0.3 is 9.64 Å². The Morgan fingerprint density at radius 2 is 1.77 bits per heavy atom. The van der Waals surface area contributed by atoms with Crippen LogP contribution in [-0.2, 0) is 6.54 Å². The number of nitrogens with zero attached hydrogens (tertiary/aromatic N) is 3. The van der Waals surface area contributed by atoms with Crippen molar-refractivity contribution >= 4 is 5.91 Å². The van der Waals surface area contributed by atoms with Crippen LogP contribution in [0.15, 0.2) is 48.8 Å². The zero-order valence-electron chi connectivity index (χ0n) is 13.9. The summed E-state index contributed by atoms with van der Waals surface area (Å²) in [5.41, 5.74) is 1.47. The molecule has 0 radical (unpaired) electrons. The summed E-state index contributed by atoms with van der Waals surface area (Å²) in [5.74, 6) is -0.528. The first-order valence-electron chi connectivity index (χ1n) is 8.17. The first-order valence-corrected chi connectivity index (χ1v) is 8.17. The van der Waals surface area contributed by atoms with Gasteiger partial charge in [-0.25, -0.2) is 0 Å². The van der Waals surface area contributed by atoms with Gasteiger partial charge in [0.25, 0.3) is 5.91 Å². The fraction of sp³-hybridized carbons (Fsp3) is 0.333. The molecule has 1 aliphatic heterocycles. The second-order valence-corrected chi connectivity index (χ2v) is 6.00. The molecular weight excluding hydrogens is 347 g/mol. The van der Waals surface area contributed by atoms with Gasteiger partial charge in [0.05, 0.1) is 0 Å². The van der Waals surface area contributed by atoms with Crippen LogP contribution in [0, 0.1) is 0 Å². The SMILES string of the molecule is O=C(c1ccc(OC(F)(F)F)cc1)N1CCN(Cc2cccnc2)CC1. The average molecular weight is 365 g/mol. The van der Waals surface area contributed by atoms with Crippen molar-refractivity contribution < 1.29 is 22.7 Å². The van der Waals surface area contributed by atoms with Crippen LogP contribution in [0.25, 0.3) is 0 Å². The molecule has 1 amide bonds. The zero-order valence-corrected chi connectivity index (χ0v) is 13.9. The third-order valence-electron chi connectivity index (χ3n) is 4.12. The van der Waals surface area contributed by atoms with E-state index in [1.165, 1.54) is 12.1 Å². The topological polar surface area (TPSA) is 45.7 Å². The van der Waals surface area contributed by atoms with Gasteiger partial charge >= 0.3 is 6.36 Å². The summed E-state index contributed by atoms with van der Waals surface area (Å²) in [6, 6.07) is 8.91. The highest BCUT2D eigenvalue weighted by Gasteiger charge is 2.31. The van der Waals surface area contributed by atoms with Gasteiger partial charge in [-0.1, -0.05) is 6.07 Å². The summed E-state index contributed by atoms with van der Waals surface area (Å²) in [5, 5.41) is 0. The molecule has 0 spiro atoms. The Kier molecular flexibility index (Phi) is 5.41. The van der Waals surface area contributed by atoms with Gasteiger partial charge in [0, 0.05) is 50.7 Å². The van der Waals surface area contributed by atoms with Gasteiger partial charge in [0.1, 0.15) is 5.75 Å². The normalized spacial score (nSPS) is 15.7. The molecule has 1 aliphatic rings. The molecule has 1 saturated heterocycles. The van der Waals surface area contributed by atoms with Crippen LogP contribution in [-0.4, -0.2) is 53.2 Å². The summed E-state index contributed by atoms with van der Waals surface area (Å²) in [6.07, 6.45) is -1.19. The Morgan fingerprint density at radius 3 is 2.35 bits per heavy atom. The lowest BCUT2D eigenvalue weighted by molar-refractivity contribution is -0.274. The number of hydrogen-bond acceptors (Lipinski definition) is 4. The summed E-state index contributed by atoms with van der Waals surface area (Å²) in [7, 11) is 0. The Balaban J connectivity index is 1.53. The molecule has 138 valence electrons. The maximum Gasteiger partial charge on any atom is 0.573 e. The highest BCUT2D eigenvalue weighted by atomic mass is 19.4. The van der Waals surface area contributed by atoms with Gasteiger partial charge in [-0.15, -0.1) is 13.2 Å². The number of rotatable bonds is 4. The van der Waals surface area contributed by atoms with Crippen molar-refractivity contribution in [2.24, 2.45) is 0 Å². The van der Waals surface area contributed by atoms with E-state index in [0.717, 1.165) is 37.3 Å². The van der Waals surface area contributed by atoms with Gasteiger partial charge in [-0.05, 0) is 35.9 Å². The first kappa shape index (κ1) is 18.2. The second kappa shape index (κ2) is 7.74. The van der Waals surface area contributed by atoms with Crippen molar-refractivity contribution in [2.75, 3.05) is 26.2 Å². The number of ether oxygens (including phenoxy) is 1. The molecule has 1 fully saturated rings. The summed E-state index contributed by atoms with van der Waals surface area (Å²) in [4.78, 5) is 20.5. The standard InChI is InChI=1S/C18H18F3N3O2/c19-18(20,21)26-16-5-3-15(4-6-16)17(25)24-10-8-23(9-11-24)13-14-2-1-7-22-12-14/h1-7,12H,8-11,13H2. The molecule has 5 nitrogen and oxygen atoms in total. The molecule has 1 aromatic heterocycles. The van der Waals surface area contributed by atoms with Gasteiger partial charge in [-0.3, -0.25) is 14.7 Å². The molecule has 0 saturated carbocycles. The van der Waals surface area contributed by atoms with Crippen LogP contribution in [0.4, 0.5) is 13.2 Å². The number of hydrogen-bond donors (Lipinski definition) is 0. The lowest BCUT2D eigenvalue weighted by Gasteiger charge is -2.34. The lowest BCUT2D eigenvalue weighted by Crippen LogP contribution is -2.48. The predicted octanol–water partition coefficient (Wildman–Crippen LogP) is 2.94. The van der Waals surface area contributed by atoms with Crippen molar-refractivity contribution in [1.29, 1.82) is 0 Å². The molecule has 1 aromatic carbocycles. The van der Waals surface area contributed by atoms with Crippen molar-refractivity contribution in [3.05, 3.63) is 59.9 Å². The molecule has 0 aliphatic carbocycles. The van der Waals surface area contributed by atoms with E-state index in [1.54, 1.807) is 11.1 Å². The van der Waals surface area contributed by atoms with Crippen molar-refractivity contribution in [2.45, 2.75) is 12.9 Å². The molecular formula is C18H18F3N3O2. The van der Waals surface area contributed by atoms with E-state index in [9.17, 15) is 18.0 Å². The minimum Gasteiger partial charge on any atom is -0.406 e. The molecule has 0 unspecified atom stereocenters. The highest BCUT2D eigenvalue weighted by Crippen LogP contribution is 2.23. The average Bonchev–Trinajstić information content (AvgIpc) is 2.62. The number of carbonyl (C=O) groups excluding carboxylic acids is 1. The van der Waals surface area contributed by atoms with Crippen LogP contribution in [0.1, 0.15) is 15.9 Å². The van der Waals surface area contributed by atoms with Crippen LogP contribution >= 0.6 is 0 Å². The predicted molar refractivity (Wildman–Crippen MR) is 88.5 cm³/mol. The fourth-order valence-corrected chi connectivity index (χ4v) is 2.84. The molecule has 3 rings (SSSR count). The smallest absolute Gasteiger partial charge is 0.406 e. The van der Waals surface area contributed by atoms with Crippen molar-refractivity contribution in [1.82, 2.24) is 14.8 Å². The van der Waals surface area contributed by atoms with E-state index in [2.05, 4.69) is 14.6 Å². The van der Waals surface area contributed by atoms with Crippen molar-refractivity contribution in [3.8, 4) is 5.75 Å². The monoisotopic (exact) mass is 365 g/mol. The van der Waals surface area contributed by atoms with Crippen LogP contribution < -0.4 is 4.74 Å². The van der Waals surface area contributed by atoms with Crippen molar-refractivity contribution in [3.63, 3.8) is 0 Å². The van der Waals surface area contributed by atoms with E-state index < -0.39 is 6.36 Å². The number of pyridine rings is 1. The van der Waals surface area contributed by atoms with E-state index in [1.807, 2.05) is 18.3 Å². The van der Waals surface area contributed by atoms with E-state index in [-0.39, 0.29) is 11.7 Å². The van der Waals surface area contributed by atoms with Gasteiger partial charge in [-0.2, -0.15) is 0 Å². The Bertz CT molecular complexity index is 728. The van der Waals surface area contributed by atoms with E-state index >= 15 is 0 Å². The number of halogens is 3.